The van der Waals surface area contributed by atoms with Gasteiger partial charge in [0.2, 0.25) is 0 Å². The molecule has 2 rings (SSSR count). The van der Waals surface area contributed by atoms with Crippen LogP contribution < -0.4 is 0 Å². The van der Waals surface area contributed by atoms with E-state index < -0.39 is 0 Å². The van der Waals surface area contributed by atoms with Gasteiger partial charge in [-0.2, -0.15) is 0 Å². The van der Waals surface area contributed by atoms with Crippen molar-refractivity contribution in [2.75, 3.05) is 0 Å². The molecule has 0 heterocycles. The van der Waals surface area contributed by atoms with Crippen molar-refractivity contribution in [3.05, 3.63) is 42.0 Å². The van der Waals surface area contributed by atoms with Crippen molar-refractivity contribution in [3.63, 3.8) is 0 Å². The van der Waals surface area contributed by atoms with Crippen LogP contribution in [-0.4, -0.2) is 0 Å². The van der Waals surface area contributed by atoms with Crippen LogP contribution >= 0.6 is 0 Å². The smallest absolute Gasteiger partial charge is 0.0162 e. The number of hydrogen-bond acceptors (Lipinski definition) is 0. The van der Waals surface area contributed by atoms with Gasteiger partial charge in [-0.1, -0.05) is 44.7 Å². The van der Waals surface area contributed by atoms with Gasteiger partial charge >= 0.3 is 0 Å². The lowest BCUT2D eigenvalue weighted by atomic mass is 9.96. The second-order valence-corrected chi connectivity index (χ2v) is 4.58. The molecule has 0 amide bonds. The summed E-state index contributed by atoms with van der Waals surface area (Å²) >= 11 is 0. The molecule has 74 valence electrons. The first-order valence-corrected chi connectivity index (χ1v) is 5.47. The van der Waals surface area contributed by atoms with Crippen LogP contribution in [0, 0.1) is 5.92 Å². The van der Waals surface area contributed by atoms with E-state index in [0.29, 0.717) is 5.92 Å². The van der Waals surface area contributed by atoms with Crippen LogP contribution in [0.5, 0.6) is 0 Å². The molecule has 1 fully saturated rings. The van der Waals surface area contributed by atoms with E-state index in [9.17, 15) is 0 Å². The van der Waals surface area contributed by atoms with E-state index >= 15 is 0 Å². The number of hydrogen-bond donors (Lipinski definition) is 0. The number of rotatable bonds is 3. The summed E-state index contributed by atoms with van der Waals surface area (Å²) in [5.74, 6) is 1.40. The zero-order valence-corrected chi connectivity index (χ0v) is 9.09. The van der Waals surface area contributed by atoms with E-state index in [1.54, 1.807) is 0 Å². The van der Waals surface area contributed by atoms with Crippen molar-refractivity contribution in [1.82, 2.24) is 0 Å². The van der Waals surface area contributed by atoms with Gasteiger partial charge in [-0.05, 0) is 41.4 Å². The van der Waals surface area contributed by atoms with Crippen molar-refractivity contribution in [2.45, 2.75) is 32.6 Å². The average Bonchev–Trinajstić information content (AvgIpc) is 3.00. The summed E-state index contributed by atoms with van der Waals surface area (Å²) in [4.78, 5) is 0. The Hall–Kier alpha value is -1.04. The standard InChI is InChI=1S/C14H18/c1-10(2)11(3)12-4-6-13(7-5-12)14-8-9-14/h4-7,10,14H,3,8-9H2,1-2H3. The third-order valence-electron chi connectivity index (χ3n) is 3.03. The summed E-state index contributed by atoms with van der Waals surface area (Å²) < 4.78 is 0. The highest BCUT2D eigenvalue weighted by atomic mass is 14.3. The minimum atomic E-state index is 0.543. The minimum Gasteiger partial charge on any atom is -0.0950 e. The molecule has 0 radical (unpaired) electrons. The van der Waals surface area contributed by atoms with Gasteiger partial charge in [0.05, 0.1) is 0 Å². The van der Waals surface area contributed by atoms with E-state index in [2.05, 4.69) is 44.7 Å². The normalized spacial score (nSPS) is 15.9. The summed E-state index contributed by atoms with van der Waals surface area (Å²) in [5, 5.41) is 0. The van der Waals surface area contributed by atoms with Crippen LogP contribution in [0.25, 0.3) is 5.57 Å². The first-order chi connectivity index (χ1) is 6.68. The molecule has 1 saturated carbocycles. The largest absolute Gasteiger partial charge is 0.0950 e. The third-order valence-corrected chi connectivity index (χ3v) is 3.03. The monoisotopic (exact) mass is 186 g/mol. The lowest BCUT2D eigenvalue weighted by Crippen LogP contribution is -1.92. The Balaban J connectivity index is 2.16. The van der Waals surface area contributed by atoms with Gasteiger partial charge in [0, 0.05) is 0 Å². The first-order valence-electron chi connectivity index (χ1n) is 5.47. The van der Waals surface area contributed by atoms with Gasteiger partial charge in [-0.3, -0.25) is 0 Å². The van der Waals surface area contributed by atoms with Crippen molar-refractivity contribution in [1.29, 1.82) is 0 Å². The SMILES string of the molecule is C=C(c1ccc(C2CC2)cc1)C(C)C. The van der Waals surface area contributed by atoms with Crippen LogP contribution in [0.3, 0.4) is 0 Å². The average molecular weight is 186 g/mol. The summed E-state index contributed by atoms with van der Waals surface area (Å²) in [6.45, 7) is 8.50. The highest BCUT2D eigenvalue weighted by Gasteiger charge is 2.22. The predicted molar refractivity (Wildman–Crippen MR) is 62.3 cm³/mol. The number of allylic oxidation sites excluding steroid dienone is 1. The summed E-state index contributed by atoms with van der Waals surface area (Å²) in [7, 11) is 0. The zero-order valence-electron chi connectivity index (χ0n) is 9.09. The van der Waals surface area contributed by atoms with Gasteiger partial charge < -0.3 is 0 Å². The fraction of sp³-hybridized carbons (Fsp3) is 0.429. The second kappa shape index (κ2) is 3.61. The topological polar surface area (TPSA) is 0 Å². The summed E-state index contributed by atoms with van der Waals surface area (Å²) in [5.41, 5.74) is 4.04. The summed E-state index contributed by atoms with van der Waals surface area (Å²) in [6, 6.07) is 8.97. The van der Waals surface area contributed by atoms with Gasteiger partial charge in [0.15, 0.2) is 0 Å². The van der Waals surface area contributed by atoms with Crippen LogP contribution in [0.4, 0.5) is 0 Å². The molecule has 0 saturated heterocycles. The van der Waals surface area contributed by atoms with Crippen molar-refractivity contribution >= 4 is 5.57 Å². The predicted octanol–water partition coefficient (Wildman–Crippen LogP) is 4.23. The molecule has 0 spiro atoms. The molecule has 0 N–H and O–H groups in total. The molecule has 1 aromatic rings. The molecule has 1 aliphatic rings. The van der Waals surface area contributed by atoms with E-state index in [4.69, 9.17) is 0 Å². The Bertz CT molecular complexity index is 326. The maximum absolute atomic E-state index is 4.11. The summed E-state index contributed by atoms with van der Waals surface area (Å²) in [6.07, 6.45) is 2.76. The van der Waals surface area contributed by atoms with Gasteiger partial charge in [-0.15, -0.1) is 0 Å². The Morgan fingerprint density at radius 2 is 1.79 bits per heavy atom. The first kappa shape index (κ1) is 9.51. The second-order valence-electron chi connectivity index (χ2n) is 4.58. The molecule has 1 aliphatic carbocycles. The van der Waals surface area contributed by atoms with E-state index in [-0.39, 0.29) is 0 Å². The lowest BCUT2D eigenvalue weighted by molar-refractivity contribution is 0.857. The fourth-order valence-electron chi connectivity index (χ4n) is 1.72. The van der Waals surface area contributed by atoms with Crippen molar-refractivity contribution in [2.24, 2.45) is 5.92 Å². The van der Waals surface area contributed by atoms with Gasteiger partial charge in [-0.25, -0.2) is 0 Å². The molecule has 0 bridgehead atoms. The Morgan fingerprint density at radius 3 is 2.21 bits per heavy atom. The van der Waals surface area contributed by atoms with Crippen LogP contribution in [0.2, 0.25) is 0 Å². The van der Waals surface area contributed by atoms with Gasteiger partial charge in [0.25, 0.3) is 0 Å². The highest BCUT2D eigenvalue weighted by Crippen LogP contribution is 2.40. The number of benzene rings is 1. The lowest BCUT2D eigenvalue weighted by Gasteiger charge is -2.10. The van der Waals surface area contributed by atoms with E-state index in [0.717, 1.165) is 5.92 Å². The van der Waals surface area contributed by atoms with Crippen LogP contribution in [-0.2, 0) is 0 Å². The Labute approximate surface area is 86.7 Å². The molecule has 0 unspecified atom stereocenters. The van der Waals surface area contributed by atoms with Gasteiger partial charge in [0.1, 0.15) is 0 Å². The quantitative estimate of drug-likeness (QED) is 0.662. The fourth-order valence-corrected chi connectivity index (χ4v) is 1.72. The molecule has 0 aliphatic heterocycles. The van der Waals surface area contributed by atoms with Crippen LogP contribution in [0.1, 0.15) is 43.7 Å². The highest BCUT2D eigenvalue weighted by molar-refractivity contribution is 5.64. The molecule has 0 nitrogen and oxygen atoms in total. The molecule has 0 atom stereocenters. The van der Waals surface area contributed by atoms with Crippen molar-refractivity contribution in [3.8, 4) is 0 Å². The Kier molecular flexibility index (Phi) is 2.45. The maximum Gasteiger partial charge on any atom is -0.0162 e. The van der Waals surface area contributed by atoms with E-state index in [1.165, 1.54) is 29.5 Å². The van der Waals surface area contributed by atoms with Crippen LogP contribution in [0.15, 0.2) is 30.8 Å². The van der Waals surface area contributed by atoms with E-state index in [1.807, 2.05) is 0 Å². The van der Waals surface area contributed by atoms with Crippen molar-refractivity contribution < 1.29 is 0 Å². The molecule has 14 heavy (non-hydrogen) atoms. The molecular formula is C14H18. The third kappa shape index (κ3) is 1.89. The molecular weight excluding hydrogens is 168 g/mol. The zero-order chi connectivity index (χ0) is 10.1. The minimum absolute atomic E-state index is 0.543. The molecule has 1 aromatic carbocycles. The maximum atomic E-state index is 4.11. The molecule has 0 aromatic heterocycles. The Morgan fingerprint density at radius 1 is 1.21 bits per heavy atom. The molecule has 0 heteroatoms.